The maximum Gasteiger partial charge on any atom is 0.451 e. The number of carbonyl (C=O) groups is 1. The number of halogens is 6. The maximum atomic E-state index is 12.8. The van der Waals surface area contributed by atoms with Gasteiger partial charge in [0.25, 0.3) is 0 Å². The van der Waals surface area contributed by atoms with Gasteiger partial charge in [0.05, 0.1) is 12.2 Å². The summed E-state index contributed by atoms with van der Waals surface area (Å²) in [7, 11) is 0. The molecular formula is C15H10F6N2O3. The molecule has 0 radical (unpaired) electrons. The summed E-state index contributed by atoms with van der Waals surface area (Å²) in [6, 6.07) is 3.37. The van der Waals surface area contributed by atoms with Crippen molar-refractivity contribution in [1.82, 2.24) is 9.97 Å². The maximum absolute atomic E-state index is 12.8. The van der Waals surface area contributed by atoms with Crippen molar-refractivity contribution in [2.24, 2.45) is 0 Å². The van der Waals surface area contributed by atoms with E-state index in [-0.39, 0.29) is 6.61 Å². The minimum atomic E-state index is -4.95. The highest BCUT2D eigenvalue weighted by molar-refractivity contribution is 5.91. The van der Waals surface area contributed by atoms with Crippen LogP contribution in [0.3, 0.4) is 0 Å². The first kappa shape index (κ1) is 19.5. The molecule has 0 amide bonds. The lowest BCUT2D eigenvalue weighted by molar-refractivity contribution is -0.145. The van der Waals surface area contributed by atoms with Crippen molar-refractivity contribution in [2.75, 3.05) is 6.61 Å². The van der Waals surface area contributed by atoms with Gasteiger partial charge in [-0.2, -0.15) is 31.3 Å². The van der Waals surface area contributed by atoms with Crippen LogP contribution in [0.5, 0.6) is 11.6 Å². The molecule has 0 aliphatic rings. The van der Waals surface area contributed by atoms with Crippen LogP contribution in [0.1, 0.15) is 28.7 Å². The van der Waals surface area contributed by atoms with Gasteiger partial charge in [-0.25, -0.2) is 9.78 Å². The second-order valence-corrected chi connectivity index (χ2v) is 4.76. The van der Waals surface area contributed by atoms with Crippen LogP contribution in [0.15, 0.2) is 30.5 Å². The average molecular weight is 380 g/mol. The van der Waals surface area contributed by atoms with Gasteiger partial charge < -0.3 is 9.47 Å². The monoisotopic (exact) mass is 380 g/mol. The molecule has 2 aromatic rings. The summed E-state index contributed by atoms with van der Waals surface area (Å²) in [6.45, 7) is 1.36. The fourth-order valence-electron chi connectivity index (χ4n) is 1.78. The highest BCUT2D eigenvalue weighted by atomic mass is 19.4. The first-order valence-corrected chi connectivity index (χ1v) is 6.99. The molecule has 1 aromatic heterocycles. The smallest absolute Gasteiger partial charge is 0.451 e. The first-order valence-electron chi connectivity index (χ1n) is 6.99. The predicted molar refractivity (Wildman–Crippen MR) is 74.5 cm³/mol. The lowest BCUT2D eigenvalue weighted by Gasteiger charge is -2.13. The van der Waals surface area contributed by atoms with Crippen molar-refractivity contribution in [3.8, 4) is 11.6 Å². The van der Waals surface area contributed by atoms with E-state index in [2.05, 4.69) is 14.7 Å². The highest BCUT2D eigenvalue weighted by Gasteiger charge is 2.36. The van der Waals surface area contributed by atoms with E-state index >= 15 is 0 Å². The highest BCUT2D eigenvalue weighted by Crippen LogP contribution is 2.34. The van der Waals surface area contributed by atoms with E-state index in [9.17, 15) is 31.1 Å². The fraction of sp³-hybridized carbons (Fsp3) is 0.267. The summed E-state index contributed by atoms with van der Waals surface area (Å²) < 4.78 is 86.1. The van der Waals surface area contributed by atoms with Crippen LogP contribution in [0, 0.1) is 0 Å². The quantitative estimate of drug-likeness (QED) is 0.578. The molecule has 0 unspecified atom stereocenters. The number of ether oxygens (including phenoxy) is 2. The molecule has 11 heteroatoms. The lowest BCUT2D eigenvalue weighted by Crippen LogP contribution is -2.15. The van der Waals surface area contributed by atoms with Crippen molar-refractivity contribution in [3.05, 3.63) is 47.4 Å². The van der Waals surface area contributed by atoms with Gasteiger partial charge in [-0.1, -0.05) is 6.07 Å². The fourth-order valence-corrected chi connectivity index (χ4v) is 1.78. The summed E-state index contributed by atoms with van der Waals surface area (Å²) in [5.41, 5.74) is -1.64. The van der Waals surface area contributed by atoms with E-state index in [1.165, 1.54) is 6.92 Å². The van der Waals surface area contributed by atoms with Crippen LogP contribution in [0.4, 0.5) is 26.3 Å². The number of hydrogen-bond donors (Lipinski definition) is 0. The Balaban J connectivity index is 2.47. The minimum absolute atomic E-state index is 0.0944. The van der Waals surface area contributed by atoms with Gasteiger partial charge in [-0.15, -0.1) is 0 Å². The van der Waals surface area contributed by atoms with Crippen LogP contribution in [0.25, 0.3) is 0 Å². The number of rotatable bonds is 4. The molecule has 0 fully saturated rings. The molecule has 0 aliphatic carbocycles. The molecule has 5 nitrogen and oxygen atoms in total. The number of nitrogens with zero attached hydrogens (tertiary/aromatic N) is 2. The number of alkyl halides is 6. The van der Waals surface area contributed by atoms with Gasteiger partial charge in [0.2, 0.25) is 11.7 Å². The number of esters is 1. The van der Waals surface area contributed by atoms with Gasteiger partial charge in [-0.3, -0.25) is 0 Å². The zero-order valence-electron chi connectivity index (χ0n) is 13.0. The Kier molecular flexibility index (Phi) is 5.38. The van der Waals surface area contributed by atoms with E-state index < -0.39 is 46.9 Å². The van der Waals surface area contributed by atoms with Crippen LogP contribution < -0.4 is 4.74 Å². The molecule has 0 bridgehead atoms. The number of aromatic nitrogens is 2. The molecule has 26 heavy (non-hydrogen) atoms. The molecule has 1 aromatic carbocycles. The van der Waals surface area contributed by atoms with E-state index in [1.54, 1.807) is 0 Å². The largest absolute Gasteiger partial charge is 0.462 e. The second-order valence-electron chi connectivity index (χ2n) is 4.76. The molecular weight excluding hydrogens is 370 g/mol. The van der Waals surface area contributed by atoms with Gasteiger partial charge in [0, 0.05) is 6.20 Å². The van der Waals surface area contributed by atoms with Crippen molar-refractivity contribution in [1.29, 1.82) is 0 Å². The minimum Gasteiger partial charge on any atom is -0.462 e. The molecule has 0 N–H and O–H groups in total. The lowest BCUT2D eigenvalue weighted by atomic mass is 10.2. The Morgan fingerprint density at radius 1 is 1.12 bits per heavy atom. The molecule has 140 valence electrons. The SMILES string of the molecule is CCOC(=O)c1cnc(C(F)(F)F)nc1Oc1cccc(C(F)(F)F)c1. The van der Waals surface area contributed by atoms with Gasteiger partial charge in [0.1, 0.15) is 11.3 Å². The van der Waals surface area contributed by atoms with E-state index in [1.807, 2.05) is 0 Å². The summed E-state index contributed by atoms with van der Waals surface area (Å²) in [5.74, 6) is -4.03. The molecule has 0 saturated carbocycles. The van der Waals surface area contributed by atoms with Crippen LogP contribution >= 0.6 is 0 Å². The van der Waals surface area contributed by atoms with Gasteiger partial charge in [0.15, 0.2) is 0 Å². The Labute approximate surface area is 142 Å². The number of benzene rings is 1. The average Bonchev–Trinajstić information content (AvgIpc) is 2.53. The molecule has 2 rings (SSSR count). The first-order chi connectivity index (χ1) is 12.0. The Morgan fingerprint density at radius 2 is 1.81 bits per heavy atom. The third-order valence-electron chi connectivity index (χ3n) is 2.88. The van der Waals surface area contributed by atoms with Crippen molar-refractivity contribution in [2.45, 2.75) is 19.3 Å². The normalized spacial score (nSPS) is 12.0. The molecule has 1 heterocycles. The second kappa shape index (κ2) is 7.18. The molecule has 0 spiro atoms. The van der Waals surface area contributed by atoms with Crippen LogP contribution in [0.2, 0.25) is 0 Å². The Morgan fingerprint density at radius 3 is 2.38 bits per heavy atom. The molecule has 0 aliphatic heterocycles. The van der Waals surface area contributed by atoms with E-state index in [0.29, 0.717) is 12.3 Å². The van der Waals surface area contributed by atoms with Crippen molar-refractivity contribution in [3.63, 3.8) is 0 Å². The standard InChI is InChI=1S/C15H10F6N2O3/c1-2-25-12(24)10-7-22-13(15(19,20)21)23-11(10)26-9-5-3-4-8(6-9)14(16,17)18/h3-7H,2H2,1H3. The summed E-state index contributed by atoms with van der Waals surface area (Å²) in [4.78, 5) is 17.9. The molecule has 0 atom stereocenters. The van der Waals surface area contributed by atoms with Crippen LogP contribution in [-0.4, -0.2) is 22.5 Å². The summed E-state index contributed by atoms with van der Waals surface area (Å²) >= 11 is 0. The Bertz CT molecular complexity index is 805. The zero-order valence-corrected chi connectivity index (χ0v) is 13.0. The zero-order chi connectivity index (χ0) is 19.5. The van der Waals surface area contributed by atoms with Crippen molar-refractivity contribution >= 4 is 5.97 Å². The van der Waals surface area contributed by atoms with Gasteiger partial charge in [-0.05, 0) is 25.1 Å². The van der Waals surface area contributed by atoms with E-state index in [4.69, 9.17) is 4.74 Å². The van der Waals surface area contributed by atoms with Crippen molar-refractivity contribution < 1.29 is 40.6 Å². The number of hydrogen-bond acceptors (Lipinski definition) is 5. The summed E-state index contributed by atoms with van der Waals surface area (Å²) in [5, 5.41) is 0. The third kappa shape index (κ3) is 4.61. The summed E-state index contributed by atoms with van der Waals surface area (Å²) in [6.07, 6.45) is -9.10. The Hall–Kier alpha value is -2.85. The van der Waals surface area contributed by atoms with Gasteiger partial charge >= 0.3 is 18.3 Å². The third-order valence-corrected chi connectivity index (χ3v) is 2.88. The topological polar surface area (TPSA) is 61.3 Å². The van der Waals surface area contributed by atoms with E-state index in [0.717, 1.165) is 18.2 Å². The predicted octanol–water partition coefficient (Wildman–Crippen LogP) is 4.48. The molecule has 0 saturated heterocycles. The van der Waals surface area contributed by atoms with Crippen LogP contribution in [-0.2, 0) is 17.1 Å². The number of carbonyl (C=O) groups excluding carboxylic acids is 1.